The highest BCUT2D eigenvalue weighted by atomic mass is 19.4. The number of rotatable bonds is 8. The van der Waals surface area contributed by atoms with E-state index in [-0.39, 0.29) is 29.0 Å². The fourth-order valence-corrected chi connectivity index (χ4v) is 6.49. The number of hydrogen-bond acceptors (Lipinski definition) is 6. The van der Waals surface area contributed by atoms with Gasteiger partial charge in [0.2, 0.25) is 0 Å². The molecule has 220 valence electrons. The molecule has 2 atom stereocenters. The molecule has 2 unspecified atom stereocenters. The number of amides is 1. The number of primary amides is 1. The average molecular weight is 587 g/mol. The molecule has 3 aliphatic carbocycles. The van der Waals surface area contributed by atoms with Crippen LogP contribution in [0.3, 0.4) is 0 Å². The third kappa shape index (κ3) is 4.82. The van der Waals surface area contributed by atoms with Crippen molar-refractivity contribution in [1.29, 1.82) is 0 Å². The zero-order chi connectivity index (χ0) is 29.5. The Balaban J connectivity index is 1.02. The van der Waals surface area contributed by atoms with Crippen molar-refractivity contribution in [3.8, 4) is 17.0 Å². The van der Waals surface area contributed by atoms with E-state index in [9.17, 15) is 18.0 Å². The van der Waals surface area contributed by atoms with Crippen molar-refractivity contribution < 1.29 is 27.2 Å². The first kappa shape index (κ1) is 26.3. The number of aromatic nitrogens is 2. The highest BCUT2D eigenvalue weighted by Gasteiger charge is 2.54. The predicted octanol–water partition coefficient (Wildman–Crippen LogP) is 6.82. The molecule has 7 nitrogen and oxygen atoms in total. The Morgan fingerprint density at radius 2 is 1.81 bits per heavy atom. The van der Waals surface area contributed by atoms with E-state index in [1.165, 1.54) is 12.1 Å². The molecule has 1 aliphatic heterocycles. The van der Waals surface area contributed by atoms with Crippen LogP contribution in [0.4, 0.5) is 18.9 Å². The Morgan fingerprint density at radius 3 is 2.51 bits per heavy atom. The number of alkyl halides is 3. The molecule has 3 saturated carbocycles. The van der Waals surface area contributed by atoms with Crippen LogP contribution in [-0.2, 0) is 6.18 Å². The second kappa shape index (κ2) is 9.59. The first-order valence-electron chi connectivity index (χ1n) is 14.7. The Kier molecular flexibility index (Phi) is 5.86. The van der Waals surface area contributed by atoms with Crippen LogP contribution in [0.15, 0.2) is 59.1 Å². The molecule has 3 heterocycles. The van der Waals surface area contributed by atoms with Crippen LogP contribution in [0.5, 0.6) is 5.75 Å². The Morgan fingerprint density at radius 1 is 1.05 bits per heavy atom. The van der Waals surface area contributed by atoms with Gasteiger partial charge in [0.25, 0.3) is 5.91 Å². The van der Waals surface area contributed by atoms with Gasteiger partial charge in [0.15, 0.2) is 0 Å². The lowest BCUT2D eigenvalue weighted by molar-refractivity contribution is -0.137. The number of carbonyl (C=O) groups excluding carboxylic acids is 1. The van der Waals surface area contributed by atoms with Gasteiger partial charge in [0, 0.05) is 47.3 Å². The minimum atomic E-state index is -4.49. The number of benzene rings is 2. The highest BCUT2D eigenvalue weighted by molar-refractivity contribution is 5.97. The normalized spacial score (nSPS) is 23.2. The fourth-order valence-electron chi connectivity index (χ4n) is 6.49. The minimum Gasteiger partial charge on any atom is -0.490 e. The van der Waals surface area contributed by atoms with Gasteiger partial charge in [-0.3, -0.25) is 4.79 Å². The van der Waals surface area contributed by atoms with Crippen molar-refractivity contribution >= 4 is 28.6 Å². The van der Waals surface area contributed by atoms with Crippen molar-refractivity contribution in [3.63, 3.8) is 0 Å². The third-order valence-electron chi connectivity index (χ3n) is 9.13. The zero-order valence-electron chi connectivity index (χ0n) is 23.2. The predicted molar refractivity (Wildman–Crippen MR) is 155 cm³/mol. The highest BCUT2D eigenvalue weighted by Crippen LogP contribution is 2.54. The summed E-state index contributed by atoms with van der Waals surface area (Å²) in [4.78, 5) is 18.6. The molecule has 4 fully saturated rings. The number of pyridine rings is 1. The van der Waals surface area contributed by atoms with Crippen LogP contribution >= 0.6 is 0 Å². The lowest BCUT2D eigenvalue weighted by Crippen LogP contribution is -2.23. The first-order chi connectivity index (χ1) is 20.7. The van der Waals surface area contributed by atoms with Crippen LogP contribution in [0, 0.1) is 17.8 Å². The SMILES string of the molecule is NC(=O)c1cc(OC2CC2)c2cc(N3CC4C(C=Cc5c(-c6ccccc6C(F)(F)F)noc5C5CC5)C4C3)ccc2n1. The standard InChI is InChI=1S/C33H29F3N4O3/c34-33(35,36)26-4-2-1-3-21(26)30-22(31(43-39-30)17-5-6-17)11-10-20-24-15-40(16-25(20)24)18-7-12-27-23(13-18)29(42-19-8-9-19)14-28(38-27)32(37)41/h1-4,7,10-14,17,19-20,24-25H,5-6,8-9,15-16H2,(H2,37,41). The summed E-state index contributed by atoms with van der Waals surface area (Å²) >= 11 is 0. The van der Waals surface area contributed by atoms with Gasteiger partial charge in [-0.1, -0.05) is 35.5 Å². The molecule has 4 aliphatic rings. The monoisotopic (exact) mass is 586 g/mol. The van der Waals surface area contributed by atoms with E-state index in [4.69, 9.17) is 15.0 Å². The van der Waals surface area contributed by atoms with Gasteiger partial charge in [0.1, 0.15) is 22.9 Å². The second-order valence-electron chi connectivity index (χ2n) is 12.2. The van der Waals surface area contributed by atoms with E-state index in [0.29, 0.717) is 40.3 Å². The van der Waals surface area contributed by atoms with Crippen LogP contribution in [0.1, 0.15) is 59.0 Å². The molecule has 2 N–H and O–H groups in total. The zero-order valence-corrected chi connectivity index (χ0v) is 23.2. The summed E-state index contributed by atoms with van der Waals surface area (Å²) in [6.07, 6.45) is 3.66. The molecule has 1 amide bonds. The molecule has 8 rings (SSSR count). The smallest absolute Gasteiger partial charge is 0.417 e. The van der Waals surface area contributed by atoms with E-state index in [0.717, 1.165) is 55.9 Å². The van der Waals surface area contributed by atoms with Gasteiger partial charge in [-0.15, -0.1) is 0 Å². The first-order valence-corrected chi connectivity index (χ1v) is 14.7. The Labute approximate surface area is 245 Å². The van der Waals surface area contributed by atoms with Crippen molar-refractivity contribution in [2.24, 2.45) is 23.5 Å². The molecule has 2 aromatic carbocycles. The van der Waals surface area contributed by atoms with E-state index in [2.05, 4.69) is 27.2 Å². The number of nitrogens with zero attached hydrogens (tertiary/aromatic N) is 3. The van der Waals surface area contributed by atoms with E-state index in [1.807, 2.05) is 18.2 Å². The average Bonchev–Trinajstić information content (AvgIpc) is 3.96. The maximum absolute atomic E-state index is 13.8. The summed E-state index contributed by atoms with van der Waals surface area (Å²) in [6.45, 7) is 1.75. The number of carbonyl (C=O) groups is 1. The molecule has 1 saturated heterocycles. The van der Waals surface area contributed by atoms with Gasteiger partial charge in [-0.25, -0.2) is 4.98 Å². The van der Waals surface area contributed by atoms with Crippen LogP contribution in [-0.4, -0.2) is 35.2 Å². The number of nitrogens with two attached hydrogens (primary N) is 1. The Bertz CT molecular complexity index is 1780. The fraction of sp³-hybridized carbons (Fsp3) is 0.364. The lowest BCUT2D eigenvalue weighted by Gasteiger charge is -2.22. The summed E-state index contributed by atoms with van der Waals surface area (Å²) < 4.78 is 53.2. The van der Waals surface area contributed by atoms with Crippen molar-refractivity contribution in [2.45, 2.75) is 43.9 Å². The van der Waals surface area contributed by atoms with E-state index in [1.54, 1.807) is 12.1 Å². The molecule has 10 heteroatoms. The van der Waals surface area contributed by atoms with Gasteiger partial charge < -0.3 is 19.9 Å². The van der Waals surface area contributed by atoms with Crippen LogP contribution in [0.25, 0.3) is 28.2 Å². The second-order valence-corrected chi connectivity index (χ2v) is 12.2. The molecule has 4 aromatic rings. The number of hydrogen-bond donors (Lipinski definition) is 1. The number of ether oxygens (including phenoxy) is 1. The maximum atomic E-state index is 13.8. The molecule has 0 bridgehead atoms. The maximum Gasteiger partial charge on any atom is 0.417 e. The summed E-state index contributed by atoms with van der Waals surface area (Å²) in [5, 5.41) is 5.00. The molecule has 43 heavy (non-hydrogen) atoms. The van der Waals surface area contributed by atoms with Gasteiger partial charge >= 0.3 is 6.18 Å². The summed E-state index contributed by atoms with van der Waals surface area (Å²) in [5.74, 6) is 2.21. The van der Waals surface area contributed by atoms with Gasteiger partial charge in [-0.05, 0) is 67.7 Å². The number of fused-ring (bicyclic) bond motifs is 2. The van der Waals surface area contributed by atoms with Crippen LogP contribution < -0.4 is 15.4 Å². The van der Waals surface area contributed by atoms with Crippen molar-refractivity contribution in [3.05, 3.63) is 77.2 Å². The van der Waals surface area contributed by atoms with E-state index < -0.39 is 17.6 Å². The quantitative estimate of drug-likeness (QED) is 0.244. The summed E-state index contributed by atoms with van der Waals surface area (Å²) in [6, 6.07) is 13.2. The minimum absolute atomic E-state index is 0.0474. The van der Waals surface area contributed by atoms with Gasteiger partial charge in [-0.2, -0.15) is 13.2 Å². The van der Waals surface area contributed by atoms with E-state index >= 15 is 0 Å². The summed E-state index contributed by atoms with van der Waals surface area (Å²) in [5.41, 5.74) is 7.69. The van der Waals surface area contributed by atoms with Crippen molar-refractivity contribution in [1.82, 2.24) is 10.1 Å². The van der Waals surface area contributed by atoms with Crippen LogP contribution in [0.2, 0.25) is 0 Å². The topological polar surface area (TPSA) is 94.5 Å². The number of allylic oxidation sites excluding steroid dienone is 1. The molecule has 2 aromatic heterocycles. The molecular formula is C33H29F3N4O3. The Hall–Kier alpha value is -4.34. The largest absolute Gasteiger partial charge is 0.490 e. The number of halogens is 3. The number of anilines is 1. The van der Waals surface area contributed by atoms with Gasteiger partial charge in [0.05, 0.1) is 17.2 Å². The molecule has 0 radical (unpaired) electrons. The third-order valence-corrected chi connectivity index (χ3v) is 9.13. The molecule has 0 spiro atoms. The lowest BCUT2D eigenvalue weighted by atomic mass is 9.98. The summed E-state index contributed by atoms with van der Waals surface area (Å²) in [7, 11) is 0. The number of piperidine rings is 1. The molecular weight excluding hydrogens is 557 g/mol. The van der Waals surface area contributed by atoms with Crippen molar-refractivity contribution in [2.75, 3.05) is 18.0 Å².